The first-order chi connectivity index (χ1) is 10.1. The van der Waals surface area contributed by atoms with E-state index in [2.05, 4.69) is 0 Å². The molecule has 0 unspecified atom stereocenters. The Kier molecular flexibility index (Phi) is 5.53. The smallest absolute Gasteiger partial charge is 0.144 e. The van der Waals surface area contributed by atoms with E-state index >= 15 is 0 Å². The zero-order valence-corrected chi connectivity index (χ0v) is 12.9. The Hall–Kier alpha value is -1.65. The molecule has 0 amide bonds. The molecule has 0 aliphatic heterocycles. The van der Waals surface area contributed by atoms with Gasteiger partial charge in [-0.25, -0.2) is 8.42 Å². The summed E-state index contributed by atoms with van der Waals surface area (Å²) < 4.78 is 21.5. The molecule has 2 aromatic rings. The predicted octanol–water partition coefficient (Wildman–Crippen LogP) is 3.17. The van der Waals surface area contributed by atoms with Crippen LogP contribution in [0.5, 0.6) is 0 Å². The summed E-state index contributed by atoms with van der Waals surface area (Å²) in [4.78, 5) is 10.9. The van der Waals surface area contributed by atoms with Crippen LogP contribution in [0.2, 0.25) is 5.02 Å². The lowest BCUT2D eigenvalue weighted by Gasteiger charge is -2.16. The van der Waals surface area contributed by atoms with Gasteiger partial charge < -0.3 is 4.79 Å². The van der Waals surface area contributed by atoms with E-state index in [0.717, 1.165) is 23.0 Å². The number of aldehydes is 1. The van der Waals surface area contributed by atoms with Crippen molar-refractivity contribution < 1.29 is 13.2 Å². The molecule has 21 heavy (non-hydrogen) atoms. The van der Waals surface area contributed by atoms with Crippen molar-refractivity contribution in [3.8, 4) is 0 Å². The molecule has 0 N–H and O–H groups in total. The number of benzene rings is 2. The monoisotopic (exact) mass is 322 g/mol. The van der Waals surface area contributed by atoms with Crippen molar-refractivity contribution in [2.75, 3.05) is 0 Å². The second-order valence-corrected chi connectivity index (χ2v) is 6.16. The summed E-state index contributed by atoms with van der Waals surface area (Å²) in [5, 5.41) is 0.628. The maximum atomic E-state index is 10.9. The van der Waals surface area contributed by atoms with E-state index in [0.29, 0.717) is 11.4 Å². The summed E-state index contributed by atoms with van der Waals surface area (Å²) in [6.45, 7) is 0. The van der Waals surface area contributed by atoms with Crippen LogP contribution in [0, 0.1) is 0 Å². The second-order valence-electron chi connectivity index (χ2n) is 4.74. The number of carbonyl (C=O) groups excluding carboxylic acids is 1. The Balaban J connectivity index is 2.32. The van der Waals surface area contributed by atoms with Crippen LogP contribution < -0.4 is 0 Å². The van der Waals surface area contributed by atoms with Gasteiger partial charge in [-0.3, -0.25) is 0 Å². The van der Waals surface area contributed by atoms with Crippen molar-refractivity contribution >= 4 is 28.6 Å². The van der Waals surface area contributed by atoms with E-state index in [1.165, 1.54) is 0 Å². The van der Waals surface area contributed by atoms with Gasteiger partial charge in [0.15, 0.2) is 0 Å². The van der Waals surface area contributed by atoms with Gasteiger partial charge in [0.1, 0.15) is 17.0 Å². The van der Waals surface area contributed by atoms with E-state index in [1.807, 2.05) is 30.3 Å². The van der Waals surface area contributed by atoms with Crippen LogP contribution in [0.15, 0.2) is 48.5 Å². The van der Waals surface area contributed by atoms with Crippen LogP contribution in [-0.2, 0) is 21.3 Å². The Morgan fingerprint density at radius 1 is 1.05 bits per heavy atom. The minimum absolute atomic E-state index is 0.0329. The van der Waals surface area contributed by atoms with E-state index in [9.17, 15) is 13.2 Å². The Labute approximate surface area is 130 Å². The zero-order chi connectivity index (χ0) is 15.2. The molecule has 1 atom stereocenters. The van der Waals surface area contributed by atoms with Gasteiger partial charge in [-0.2, -0.15) is 0 Å². The molecule has 0 spiro atoms. The average molecular weight is 323 g/mol. The Morgan fingerprint density at radius 3 is 2.33 bits per heavy atom. The molecule has 2 rings (SSSR count). The van der Waals surface area contributed by atoms with Crippen LogP contribution >= 0.6 is 11.6 Å². The van der Waals surface area contributed by atoms with Crippen molar-refractivity contribution in [3.05, 3.63) is 70.2 Å². The standard InChI is InChI=1S/C16H15ClO3S/c17-15-3-1-2-14(10-15)16(8-9-18)13-6-4-12(5-7-13)11-21(19)20/h1-7,9-10,16,21H,8,11H2/t16-/m1/s1. The lowest BCUT2D eigenvalue weighted by Crippen LogP contribution is -2.02. The summed E-state index contributed by atoms with van der Waals surface area (Å²) in [6, 6.07) is 14.7. The first kappa shape index (κ1) is 15.7. The number of hydrogen-bond acceptors (Lipinski definition) is 3. The first-order valence-electron chi connectivity index (χ1n) is 6.50. The largest absolute Gasteiger partial charge is 0.303 e. The van der Waals surface area contributed by atoms with E-state index in [1.54, 1.807) is 18.2 Å². The molecule has 0 saturated carbocycles. The lowest BCUT2D eigenvalue weighted by molar-refractivity contribution is -0.108. The molecule has 0 fully saturated rings. The van der Waals surface area contributed by atoms with Gasteiger partial charge in [0, 0.05) is 17.4 Å². The molecule has 0 aliphatic rings. The summed E-state index contributed by atoms with van der Waals surface area (Å²) in [6.07, 6.45) is 1.24. The highest BCUT2D eigenvalue weighted by Gasteiger charge is 2.14. The van der Waals surface area contributed by atoms with Gasteiger partial charge in [0.2, 0.25) is 0 Å². The lowest BCUT2D eigenvalue weighted by atomic mass is 9.89. The van der Waals surface area contributed by atoms with Gasteiger partial charge in [0.25, 0.3) is 0 Å². The third-order valence-electron chi connectivity index (χ3n) is 3.28. The van der Waals surface area contributed by atoms with Crippen molar-refractivity contribution in [1.29, 1.82) is 0 Å². The van der Waals surface area contributed by atoms with Crippen LogP contribution in [0.3, 0.4) is 0 Å². The number of carbonyl (C=O) groups is 1. The number of halogens is 1. The van der Waals surface area contributed by atoms with Crippen molar-refractivity contribution in [2.24, 2.45) is 0 Å². The van der Waals surface area contributed by atoms with E-state index in [4.69, 9.17) is 11.6 Å². The summed E-state index contributed by atoms with van der Waals surface area (Å²) in [7, 11) is -2.43. The second kappa shape index (κ2) is 7.38. The van der Waals surface area contributed by atoms with E-state index < -0.39 is 10.7 Å². The van der Waals surface area contributed by atoms with Crippen molar-refractivity contribution in [2.45, 2.75) is 18.1 Å². The molecule has 5 heteroatoms. The summed E-state index contributed by atoms with van der Waals surface area (Å²) in [5.41, 5.74) is 2.68. The fourth-order valence-electron chi connectivity index (χ4n) is 2.29. The quantitative estimate of drug-likeness (QED) is 0.656. The molecule has 0 radical (unpaired) electrons. The molecule has 0 aromatic heterocycles. The van der Waals surface area contributed by atoms with Crippen LogP contribution in [-0.4, -0.2) is 14.7 Å². The molecule has 0 heterocycles. The SMILES string of the molecule is O=CC[C@H](c1ccc(C[SH](=O)=O)cc1)c1cccc(Cl)c1. The maximum Gasteiger partial charge on any atom is 0.144 e. The minimum Gasteiger partial charge on any atom is -0.303 e. The molecule has 3 nitrogen and oxygen atoms in total. The summed E-state index contributed by atoms with van der Waals surface area (Å²) >= 11 is 6.00. The van der Waals surface area contributed by atoms with Crippen LogP contribution in [0.1, 0.15) is 29.0 Å². The topological polar surface area (TPSA) is 51.2 Å². The molecule has 2 aromatic carbocycles. The number of rotatable bonds is 6. The fourth-order valence-corrected chi connectivity index (χ4v) is 3.00. The Bertz CT molecular complexity index is 685. The zero-order valence-electron chi connectivity index (χ0n) is 11.2. The first-order valence-corrected chi connectivity index (χ1v) is 8.24. The highest BCUT2D eigenvalue weighted by molar-refractivity contribution is 7.71. The third kappa shape index (κ3) is 4.41. The normalized spacial score (nSPS) is 12.3. The highest BCUT2D eigenvalue weighted by atomic mass is 35.5. The van der Waals surface area contributed by atoms with Crippen molar-refractivity contribution in [1.82, 2.24) is 0 Å². The fraction of sp³-hybridized carbons (Fsp3) is 0.188. The predicted molar refractivity (Wildman–Crippen MR) is 84.4 cm³/mol. The molecule has 0 saturated heterocycles. The van der Waals surface area contributed by atoms with E-state index in [-0.39, 0.29) is 11.7 Å². The van der Waals surface area contributed by atoms with Gasteiger partial charge in [-0.1, -0.05) is 48.0 Å². The van der Waals surface area contributed by atoms with Gasteiger partial charge in [-0.05, 0) is 28.8 Å². The number of hydrogen-bond donors (Lipinski definition) is 1. The van der Waals surface area contributed by atoms with Crippen molar-refractivity contribution in [3.63, 3.8) is 0 Å². The highest BCUT2D eigenvalue weighted by Crippen LogP contribution is 2.29. The number of thiol groups is 1. The van der Waals surface area contributed by atoms with Gasteiger partial charge in [0.05, 0.1) is 5.75 Å². The maximum absolute atomic E-state index is 10.9. The Morgan fingerprint density at radius 2 is 1.76 bits per heavy atom. The van der Waals surface area contributed by atoms with Crippen LogP contribution in [0.4, 0.5) is 0 Å². The molecule has 0 bridgehead atoms. The van der Waals surface area contributed by atoms with Gasteiger partial charge >= 0.3 is 0 Å². The molecule has 110 valence electrons. The summed E-state index contributed by atoms with van der Waals surface area (Å²) in [5.74, 6) is -0.0400. The minimum atomic E-state index is -2.43. The molecular weight excluding hydrogens is 308 g/mol. The average Bonchev–Trinajstić information content (AvgIpc) is 2.45. The molecule has 0 aliphatic carbocycles. The third-order valence-corrected chi connectivity index (χ3v) is 4.14. The molecular formula is C16H15ClO3S. The van der Waals surface area contributed by atoms with Gasteiger partial charge in [-0.15, -0.1) is 0 Å². The van der Waals surface area contributed by atoms with Crippen LogP contribution in [0.25, 0.3) is 0 Å².